The van der Waals surface area contributed by atoms with Crippen molar-refractivity contribution >= 4 is 21.8 Å². The van der Waals surface area contributed by atoms with Gasteiger partial charge < -0.3 is 5.32 Å². The van der Waals surface area contributed by atoms with Crippen LogP contribution >= 0.6 is 0 Å². The highest BCUT2D eigenvalue weighted by Gasteiger charge is 2.31. The van der Waals surface area contributed by atoms with Gasteiger partial charge in [-0.05, 0) is 12.2 Å². The van der Waals surface area contributed by atoms with E-state index in [0.29, 0.717) is 24.5 Å². The van der Waals surface area contributed by atoms with Crippen molar-refractivity contribution in [3.8, 4) is 0 Å². The summed E-state index contributed by atoms with van der Waals surface area (Å²) in [7, 11) is -3.42. The van der Waals surface area contributed by atoms with Crippen molar-refractivity contribution in [3.05, 3.63) is 23.9 Å². The summed E-state index contributed by atoms with van der Waals surface area (Å²) in [5, 5.41) is 1.77. The number of hydrogen-bond acceptors (Lipinski definition) is 3. The van der Waals surface area contributed by atoms with Crippen LogP contribution in [0.25, 0.3) is 0 Å². The van der Waals surface area contributed by atoms with E-state index in [-0.39, 0.29) is 0 Å². The molecule has 0 saturated heterocycles. The molecule has 98 valence electrons. The van der Waals surface area contributed by atoms with Gasteiger partial charge in [0.25, 0.3) is 0 Å². The number of urea groups is 1. The van der Waals surface area contributed by atoms with Crippen LogP contribution in [-0.2, 0) is 10.0 Å². The minimum atomic E-state index is -3.42. The van der Waals surface area contributed by atoms with Crippen LogP contribution in [0, 0.1) is 0 Å². The van der Waals surface area contributed by atoms with Crippen LogP contribution in [-0.4, -0.2) is 42.8 Å². The Morgan fingerprint density at radius 1 is 1.39 bits per heavy atom. The number of aliphatic imine (C=N–C) groups is 1. The molecular formula is C11H15N3O3S. The zero-order chi connectivity index (χ0) is 13.3. The van der Waals surface area contributed by atoms with Crippen molar-refractivity contribution in [2.24, 2.45) is 4.99 Å². The molecule has 1 aliphatic carbocycles. The fourth-order valence-corrected chi connectivity index (χ4v) is 3.63. The topological polar surface area (TPSA) is 78.8 Å². The van der Waals surface area contributed by atoms with Gasteiger partial charge in [0.1, 0.15) is 5.25 Å². The number of hydrogen-bond donors (Lipinski definition) is 1. The fourth-order valence-electron chi connectivity index (χ4n) is 1.98. The number of amides is 2. The van der Waals surface area contributed by atoms with Crippen LogP contribution in [0.1, 0.15) is 13.8 Å². The zero-order valence-electron chi connectivity index (χ0n) is 10.3. The summed E-state index contributed by atoms with van der Waals surface area (Å²) in [4.78, 5) is 14.8. The molecule has 2 rings (SSSR count). The third kappa shape index (κ3) is 2.11. The maximum Gasteiger partial charge on any atom is 0.346 e. The lowest BCUT2D eigenvalue weighted by molar-refractivity contribution is 0.253. The van der Waals surface area contributed by atoms with Gasteiger partial charge in [-0.2, -0.15) is 4.99 Å². The molecule has 0 aromatic rings. The first-order chi connectivity index (χ1) is 8.48. The largest absolute Gasteiger partial charge is 0.346 e. The van der Waals surface area contributed by atoms with Gasteiger partial charge in [-0.1, -0.05) is 19.9 Å². The van der Waals surface area contributed by atoms with Crippen LogP contribution in [0.4, 0.5) is 4.79 Å². The number of nitrogens with zero attached hydrogens (tertiary/aromatic N) is 2. The molecule has 0 aromatic heterocycles. The SMILES string of the molecule is CCN(CC)S(=O)(=O)C1C=CC2=NC(=O)NC2=C1. The molecule has 0 saturated carbocycles. The monoisotopic (exact) mass is 269 g/mol. The second-order valence-electron chi connectivity index (χ2n) is 3.96. The van der Waals surface area contributed by atoms with Crippen molar-refractivity contribution in [1.82, 2.24) is 9.62 Å². The van der Waals surface area contributed by atoms with Crippen molar-refractivity contribution in [2.75, 3.05) is 13.1 Å². The summed E-state index contributed by atoms with van der Waals surface area (Å²) in [5.74, 6) is 0. The average molecular weight is 269 g/mol. The second kappa shape index (κ2) is 4.66. The van der Waals surface area contributed by atoms with Gasteiger partial charge in [0.2, 0.25) is 10.0 Å². The lowest BCUT2D eigenvalue weighted by atomic mass is 10.1. The Morgan fingerprint density at radius 2 is 2.06 bits per heavy atom. The number of nitrogens with one attached hydrogen (secondary N) is 1. The summed E-state index contributed by atoms with van der Waals surface area (Å²) in [6.45, 7) is 4.45. The first-order valence-electron chi connectivity index (χ1n) is 5.78. The highest BCUT2D eigenvalue weighted by Crippen LogP contribution is 2.20. The summed E-state index contributed by atoms with van der Waals surface area (Å²) in [5.41, 5.74) is 0.967. The molecule has 0 fully saturated rings. The summed E-state index contributed by atoms with van der Waals surface area (Å²) < 4.78 is 26.0. The maximum absolute atomic E-state index is 12.3. The molecule has 6 nitrogen and oxygen atoms in total. The van der Waals surface area contributed by atoms with Crippen LogP contribution in [0.15, 0.2) is 28.9 Å². The fraction of sp³-hybridized carbons (Fsp3) is 0.455. The number of sulfonamides is 1. The van der Waals surface area contributed by atoms with Crippen molar-refractivity contribution < 1.29 is 13.2 Å². The van der Waals surface area contributed by atoms with E-state index in [1.165, 1.54) is 10.4 Å². The highest BCUT2D eigenvalue weighted by atomic mass is 32.2. The molecule has 0 spiro atoms. The lowest BCUT2D eigenvalue weighted by Crippen LogP contribution is -2.38. The first kappa shape index (κ1) is 13.0. The summed E-state index contributed by atoms with van der Waals surface area (Å²) in [6.07, 6.45) is 4.65. The molecule has 18 heavy (non-hydrogen) atoms. The molecular weight excluding hydrogens is 254 g/mol. The number of carbonyl (C=O) groups is 1. The van der Waals surface area contributed by atoms with Crippen molar-refractivity contribution in [3.63, 3.8) is 0 Å². The number of allylic oxidation sites excluding steroid dienone is 1. The average Bonchev–Trinajstić information content (AvgIpc) is 2.69. The van der Waals surface area contributed by atoms with Gasteiger partial charge in [0, 0.05) is 13.1 Å². The molecule has 0 radical (unpaired) electrons. The summed E-state index contributed by atoms with van der Waals surface area (Å²) >= 11 is 0. The molecule has 0 bridgehead atoms. The molecule has 1 heterocycles. The quantitative estimate of drug-likeness (QED) is 0.813. The van der Waals surface area contributed by atoms with Crippen molar-refractivity contribution in [2.45, 2.75) is 19.1 Å². The highest BCUT2D eigenvalue weighted by molar-refractivity contribution is 7.90. The van der Waals surface area contributed by atoms with Gasteiger partial charge in [-0.15, -0.1) is 0 Å². The molecule has 1 N–H and O–H groups in total. The van der Waals surface area contributed by atoms with E-state index in [1.807, 2.05) is 0 Å². The van der Waals surface area contributed by atoms with Crippen LogP contribution in [0.2, 0.25) is 0 Å². The number of fused-ring (bicyclic) bond motifs is 1. The van der Waals surface area contributed by atoms with E-state index in [0.717, 1.165) is 0 Å². The van der Waals surface area contributed by atoms with Crippen LogP contribution < -0.4 is 5.32 Å². The standard InChI is InChI=1S/C11H15N3O3S/c1-3-14(4-2)18(16,17)8-5-6-9-10(7-8)13-11(15)12-9/h5-8H,3-4H2,1-2H3,(H,13,15). The Kier molecular flexibility index (Phi) is 3.36. The van der Waals surface area contributed by atoms with Gasteiger partial charge in [-0.3, -0.25) is 0 Å². The minimum Gasteiger partial charge on any atom is -0.304 e. The zero-order valence-corrected chi connectivity index (χ0v) is 11.1. The smallest absolute Gasteiger partial charge is 0.304 e. The van der Waals surface area contributed by atoms with Crippen LogP contribution in [0.5, 0.6) is 0 Å². The lowest BCUT2D eigenvalue weighted by Gasteiger charge is -2.23. The Labute approximate surface area is 106 Å². The van der Waals surface area contributed by atoms with Gasteiger partial charge in [0.05, 0.1) is 11.4 Å². The normalized spacial score (nSPS) is 22.6. The number of rotatable bonds is 4. The molecule has 2 amide bonds. The van der Waals surface area contributed by atoms with E-state index in [2.05, 4.69) is 10.3 Å². The molecule has 1 atom stereocenters. The Morgan fingerprint density at radius 3 is 2.67 bits per heavy atom. The molecule has 2 aliphatic rings. The van der Waals surface area contributed by atoms with Gasteiger partial charge in [0.15, 0.2) is 0 Å². The third-order valence-electron chi connectivity index (χ3n) is 2.92. The predicted octanol–water partition coefficient (Wildman–Crippen LogP) is 0.645. The molecule has 1 aliphatic heterocycles. The predicted molar refractivity (Wildman–Crippen MR) is 68.8 cm³/mol. The van der Waals surface area contributed by atoms with Gasteiger partial charge in [-0.25, -0.2) is 17.5 Å². The molecule has 7 heteroatoms. The Hall–Kier alpha value is -1.47. The second-order valence-corrected chi connectivity index (χ2v) is 6.05. The molecule has 0 aromatic carbocycles. The first-order valence-corrected chi connectivity index (χ1v) is 7.28. The number of carbonyl (C=O) groups excluding carboxylic acids is 1. The van der Waals surface area contributed by atoms with Crippen molar-refractivity contribution in [1.29, 1.82) is 0 Å². The minimum absolute atomic E-state index is 0.430. The summed E-state index contributed by atoms with van der Waals surface area (Å²) in [6, 6.07) is -0.457. The maximum atomic E-state index is 12.3. The Balaban J connectivity index is 2.30. The van der Waals surface area contributed by atoms with E-state index < -0.39 is 21.3 Å². The Bertz CT molecular complexity index is 556. The van der Waals surface area contributed by atoms with E-state index in [9.17, 15) is 13.2 Å². The van der Waals surface area contributed by atoms with E-state index in [4.69, 9.17) is 0 Å². The van der Waals surface area contributed by atoms with Crippen LogP contribution in [0.3, 0.4) is 0 Å². The third-order valence-corrected chi connectivity index (χ3v) is 5.14. The van der Waals surface area contributed by atoms with E-state index >= 15 is 0 Å². The van der Waals surface area contributed by atoms with E-state index in [1.54, 1.807) is 26.0 Å². The molecule has 1 unspecified atom stereocenters. The van der Waals surface area contributed by atoms with Gasteiger partial charge >= 0.3 is 6.03 Å².